The third-order valence-electron chi connectivity index (χ3n) is 7.36. The molecule has 40 heavy (non-hydrogen) atoms. The fourth-order valence-corrected chi connectivity index (χ4v) is 7.31. The Hall–Kier alpha value is -2.59. The third-order valence-corrected chi connectivity index (χ3v) is 9.88. The quantitative estimate of drug-likeness (QED) is 0.285. The number of Topliss-reactive ketones (excluding diaryl/α,β-unsaturated/α-hetero) is 1. The molecule has 1 atom stereocenters. The lowest BCUT2D eigenvalue weighted by Crippen LogP contribution is -2.39. The summed E-state index contributed by atoms with van der Waals surface area (Å²) in [4.78, 5) is 16.3. The van der Waals surface area contributed by atoms with Gasteiger partial charge < -0.3 is 5.73 Å². The summed E-state index contributed by atoms with van der Waals surface area (Å²) in [5.41, 5.74) is 13.2. The molecule has 1 aliphatic heterocycles. The van der Waals surface area contributed by atoms with E-state index in [1.807, 2.05) is 19.9 Å². The highest BCUT2D eigenvalue weighted by molar-refractivity contribution is 7.98. The number of benzene rings is 3. The first-order valence-electron chi connectivity index (χ1n) is 12.7. The zero-order valence-electron chi connectivity index (χ0n) is 21.8. The van der Waals surface area contributed by atoms with Crippen LogP contribution in [0.4, 0.5) is 5.69 Å². The second-order valence-electron chi connectivity index (χ2n) is 9.92. The first kappa shape index (κ1) is 28.9. The Bertz CT molecular complexity index is 1660. The Morgan fingerprint density at radius 1 is 1.00 bits per heavy atom. The molecule has 0 amide bonds. The average Bonchev–Trinajstić information content (AvgIpc) is 2.92. The lowest BCUT2D eigenvalue weighted by molar-refractivity contribution is -0.116. The van der Waals surface area contributed by atoms with Crippen molar-refractivity contribution >= 4 is 69.6 Å². The lowest BCUT2D eigenvalue weighted by Gasteiger charge is -2.40. The third kappa shape index (κ3) is 5.36. The van der Waals surface area contributed by atoms with Crippen LogP contribution in [0.1, 0.15) is 47.4 Å². The monoisotopic (exact) mass is 627 g/mol. The Morgan fingerprint density at radius 2 is 1.75 bits per heavy atom. The molecule has 0 bridgehead atoms. The van der Waals surface area contributed by atoms with E-state index in [2.05, 4.69) is 18.2 Å². The fraction of sp³-hybridized carbons (Fsp3) is 0.226. The van der Waals surface area contributed by atoms with Crippen molar-refractivity contribution in [3.8, 4) is 6.07 Å². The first-order chi connectivity index (χ1) is 19.1. The van der Waals surface area contributed by atoms with E-state index in [0.29, 0.717) is 67.8 Å². The molecule has 204 valence electrons. The van der Waals surface area contributed by atoms with E-state index in [-0.39, 0.29) is 5.78 Å². The summed E-state index contributed by atoms with van der Waals surface area (Å²) in [7, 11) is 0. The van der Waals surface area contributed by atoms with Crippen LogP contribution in [0, 0.1) is 25.2 Å². The van der Waals surface area contributed by atoms with Crippen LogP contribution in [0.15, 0.2) is 76.1 Å². The van der Waals surface area contributed by atoms with Crippen molar-refractivity contribution in [3.05, 3.63) is 114 Å². The van der Waals surface area contributed by atoms with Crippen molar-refractivity contribution < 1.29 is 4.79 Å². The van der Waals surface area contributed by atoms with Crippen LogP contribution in [-0.2, 0) is 10.5 Å². The highest BCUT2D eigenvalue weighted by atomic mass is 35.5. The van der Waals surface area contributed by atoms with Gasteiger partial charge in [-0.1, -0.05) is 64.1 Å². The lowest BCUT2D eigenvalue weighted by atomic mass is 9.73. The predicted octanol–water partition coefficient (Wildman–Crippen LogP) is 9.51. The number of nitriles is 1. The highest BCUT2D eigenvalue weighted by Gasteiger charge is 2.41. The van der Waals surface area contributed by atoms with E-state index in [1.165, 1.54) is 0 Å². The van der Waals surface area contributed by atoms with Crippen molar-refractivity contribution in [2.75, 3.05) is 4.90 Å². The SMILES string of the molecule is Cc1cc(CSc2cc(Cl)ccc2Cl)c(C)c(C2C(C#N)=C(N)N(c3ccc(Cl)c(Cl)c3)C3=C2C(=O)CCC3)c1. The first-order valence-corrected chi connectivity index (χ1v) is 15.2. The minimum atomic E-state index is -0.565. The molecular weight excluding hydrogens is 604 g/mol. The van der Waals surface area contributed by atoms with Gasteiger partial charge in [0.05, 0.1) is 32.6 Å². The number of anilines is 1. The number of hydrogen-bond donors (Lipinski definition) is 1. The second kappa shape index (κ2) is 11.7. The van der Waals surface area contributed by atoms with Crippen LogP contribution < -0.4 is 10.6 Å². The van der Waals surface area contributed by atoms with Crippen LogP contribution in [0.5, 0.6) is 0 Å². The summed E-state index contributed by atoms with van der Waals surface area (Å²) in [6.07, 6.45) is 1.77. The van der Waals surface area contributed by atoms with Gasteiger partial charge in [0.15, 0.2) is 5.78 Å². The summed E-state index contributed by atoms with van der Waals surface area (Å²) in [6, 6.07) is 17.2. The van der Waals surface area contributed by atoms with E-state index < -0.39 is 5.92 Å². The Balaban J connectivity index is 1.64. The summed E-state index contributed by atoms with van der Waals surface area (Å²) < 4.78 is 0. The molecule has 3 aromatic carbocycles. The number of carbonyl (C=O) groups is 1. The summed E-state index contributed by atoms with van der Waals surface area (Å²) in [5.74, 6) is 0.398. The minimum absolute atomic E-state index is 0.0269. The van der Waals surface area contributed by atoms with Gasteiger partial charge in [0.25, 0.3) is 0 Å². The van der Waals surface area contributed by atoms with Crippen LogP contribution >= 0.6 is 58.2 Å². The molecule has 9 heteroatoms. The van der Waals surface area contributed by atoms with E-state index in [1.54, 1.807) is 47.0 Å². The predicted molar refractivity (Wildman–Crippen MR) is 166 cm³/mol. The van der Waals surface area contributed by atoms with Crippen LogP contribution in [0.2, 0.25) is 20.1 Å². The molecule has 2 aliphatic rings. The molecule has 1 heterocycles. The number of thioether (sulfide) groups is 1. The largest absolute Gasteiger partial charge is 0.384 e. The number of ketones is 1. The molecule has 1 aliphatic carbocycles. The number of nitrogens with two attached hydrogens (primary N) is 1. The van der Waals surface area contributed by atoms with E-state index in [4.69, 9.17) is 52.1 Å². The van der Waals surface area contributed by atoms with Crippen molar-refractivity contribution in [2.24, 2.45) is 5.73 Å². The van der Waals surface area contributed by atoms with Gasteiger partial charge in [0.1, 0.15) is 5.82 Å². The van der Waals surface area contributed by atoms with Gasteiger partial charge in [0, 0.05) is 39.0 Å². The summed E-state index contributed by atoms with van der Waals surface area (Å²) in [6.45, 7) is 4.06. The number of allylic oxidation sites excluding steroid dienone is 3. The standard InChI is InChI=1S/C31H25Cl4N3OS/c1-16-10-18(15-40-28-12-19(32)6-8-24(28)34)17(2)21(11-16)29-22(14-36)31(37)38(20-7-9-23(33)25(35)13-20)26-4-3-5-27(39)30(26)29/h6-13,29H,3-5,15,37H2,1-2H3. The van der Waals surface area contributed by atoms with Crippen LogP contribution in [0.3, 0.4) is 0 Å². The molecule has 0 aromatic heterocycles. The number of halogens is 4. The van der Waals surface area contributed by atoms with Gasteiger partial charge in [-0.2, -0.15) is 5.26 Å². The molecule has 0 radical (unpaired) electrons. The normalized spacial score (nSPS) is 17.3. The zero-order valence-corrected chi connectivity index (χ0v) is 25.7. The molecule has 5 rings (SSSR count). The molecule has 0 saturated heterocycles. The Labute approximate surface area is 258 Å². The average molecular weight is 629 g/mol. The highest BCUT2D eigenvalue weighted by Crippen LogP contribution is 2.48. The zero-order chi connectivity index (χ0) is 28.7. The van der Waals surface area contributed by atoms with E-state index >= 15 is 0 Å². The van der Waals surface area contributed by atoms with Gasteiger partial charge >= 0.3 is 0 Å². The number of hydrogen-bond acceptors (Lipinski definition) is 5. The van der Waals surface area contributed by atoms with Crippen molar-refractivity contribution in [1.29, 1.82) is 5.26 Å². The smallest absolute Gasteiger partial charge is 0.161 e. The topological polar surface area (TPSA) is 70.1 Å². The van der Waals surface area contributed by atoms with Gasteiger partial charge in [-0.25, -0.2) is 0 Å². The van der Waals surface area contributed by atoms with Gasteiger partial charge in [0.2, 0.25) is 0 Å². The summed E-state index contributed by atoms with van der Waals surface area (Å²) >= 11 is 26.7. The van der Waals surface area contributed by atoms with Crippen LogP contribution in [-0.4, -0.2) is 5.78 Å². The van der Waals surface area contributed by atoms with E-state index in [9.17, 15) is 10.1 Å². The fourth-order valence-electron chi connectivity index (χ4n) is 5.47. The second-order valence-corrected chi connectivity index (χ2v) is 12.6. The Kier molecular flexibility index (Phi) is 8.47. The molecule has 2 N–H and O–H groups in total. The van der Waals surface area contributed by atoms with Gasteiger partial charge in [-0.15, -0.1) is 11.8 Å². The van der Waals surface area contributed by atoms with Crippen molar-refractivity contribution in [3.63, 3.8) is 0 Å². The summed E-state index contributed by atoms with van der Waals surface area (Å²) in [5, 5.41) is 12.5. The molecule has 3 aromatic rings. The van der Waals surface area contributed by atoms with Gasteiger partial charge in [-0.3, -0.25) is 9.69 Å². The van der Waals surface area contributed by atoms with Crippen LogP contribution in [0.25, 0.3) is 0 Å². The number of carbonyl (C=O) groups excluding carboxylic acids is 1. The molecule has 4 nitrogen and oxygen atoms in total. The molecular formula is C31H25Cl4N3OS. The van der Waals surface area contributed by atoms with Gasteiger partial charge in [-0.05, 0) is 79.8 Å². The molecule has 0 spiro atoms. The number of nitrogens with zero attached hydrogens (tertiary/aromatic N) is 2. The van der Waals surface area contributed by atoms with Crippen molar-refractivity contribution in [2.45, 2.75) is 49.7 Å². The number of rotatable bonds is 5. The molecule has 0 saturated carbocycles. The maximum absolute atomic E-state index is 13.6. The maximum Gasteiger partial charge on any atom is 0.161 e. The van der Waals surface area contributed by atoms with E-state index in [0.717, 1.165) is 32.8 Å². The number of aryl methyl sites for hydroxylation is 1. The molecule has 1 unspecified atom stereocenters. The minimum Gasteiger partial charge on any atom is -0.384 e. The Morgan fingerprint density at radius 3 is 2.48 bits per heavy atom. The molecule has 0 fully saturated rings. The van der Waals surface area contributed by atoms with Crippen molar-refractivity contribution in [1.82, 2.24) is 0 Å². The maximum atomic E-state index is 13.6.